The van der Waals surface area contributed by atoms with Gasteiger partial charge in [0.1, 0.15) is 5.75 Å². The van der Waals surface area contributed by atoms with E-state index in [1.807, 2.05) is 31.2 Å². The van der Waals surface area contributed by atoms with Crippen LogP contribution in [0.25, 0.3) is 0 Å². The van der Waals surface area contributed by atoms with Crippen molar-refractivity contribution in [2.45, 2.75) is 13.0 Å². The Morgan fingerprint density at radius 2 is 1.82 bits per heavy atom. The number of nitro benzene ring substituents is 1. The van der Waals surface area contributed by atoms with Crippen LogP contribution in [0.4, 0.5) is 17.1 Å². The highest BCUT2D eigenvalue weighted by Crippen LogP contribution is 2.23. The molecule has 3 rings (SSSR count). The molecule has 148 valence electrons. The molecule has 28 heavy (non-hydrogen) atoms. The van der Waals surface area contributed by atoms with Gasteiger partial charge in [-0.05, 0) is 31.2 Å². The first-order chi connectivity index (χ1) is 13.5. The molecule has 1 aliphatic rings. The third-order valence-electron chi connectivity index (χ3n) is 5.20. The van der Waals surface area contributed by atoms with Crippen LogP contribution in [0.1, 0.15) is 6.92 Å². The highest BCUT2D eigenvalue weighted by molar-refractivity contribution is 5.94. The fourth-order valence-corrected chi connectivity index (χ4v) is 3.44. The summed E-state index contributed by atoms with van der Waals surface area (Å²) in [7, 11) is 1.58. The molecule has 0 aliphatic carbocycles. The average Bonchev–Trinajstić information content (AvgIpc) is 2.73. The molecule has 0 unspecified atom stereocenters. The second-order valence-corrected chi connectivity index (χ2v) is 6.83. The van der Waals surface area contributed by atoms with Crippen molar-refractivity contribution < 1.29 is 19.4 Å². The van der Waals surface area contributed by atoms with E-state index in [4.69, 9.17) is 4.74 Å². The molecule has 0 radical (unpaired) electrons. The lowest BCUT2D eigenvalue weighted by atomic mass is 10.2. The summed E-state index contributed by atoms with van der Waals surface area (Å²) in [5.41, 5.74) is 1.73. The fourth-order valence-electron chi connectivity index (χ4n) is 3.44. The first kappa shape index (κ1) is 19.6. The fraction of sp³-hybridized carbons (Fsp3) is 0.350. The molecule has 1 saturated heterocycles. The van der Waals surface area contributed by atoms with Crippen molar-refractivity contribution in [3.05, 3.63) is 58.6 Å². The number of methoxy groups -OCH3 is 1. The molecular formula is C20H25N4O4+. The summed E-state index contributed by atoms with van der Waals surface area (Å²) >= 11 is 0. The number of benzene rings is 2. The van der Waals surface area contributed by atoms with Crippen molar-refractivity contribution in [2.24, 2.45) is 0 Å². The van der Waals surface area contributed by atoms with Gasteiger partial charge in [-0.25, -0.2) is 0 Å². The number of amides is 1. The van der Waals surface area contributed by atoms with E-state index in [9.17, 15) is 14.9 Å². The Kier molecular flexibility index (Phi) is 6.10. The minimum atomic E-state index is -0.395. The monoisotopic (exact) mass is 385 g/mol. The van der Waals surface area contributed by atoms with Crippen LogP contribution < -0.4 is 19.9 Å². The van der Waals surface area contributed by atoms with Crippen molar-refractivity contribution in [2.75, 3.05) is 43.5 Å². The highest BCUT2D eigenvalue weighted by atomic mass is 16.6. The van der Waals surface area contributed by atoms with E-state index < -0.39 is 4.92 Å². The number of nitro groups is 1. The Labute approximate surface area is 163 Å². The molecule has 2 aromatic carbocycles. The van der Waals surface area contributed by atoms with Crippen LogP contribution in [0.3, 0.4) is 0 Å². The van der Waals surface area contributed by atoms with E-state index >= 15 is 0 Å². The molecule has 0 saturated carbocycles. The lowest BCUT2D eigenvalue weighted by Gasteiger charge is -2.36. The van der Waals surface area contributed by atoms with Gasteiger partial charge in [0.25, 0.3) is 11.6 Å². The predicted molar refractivity (Wildman–Crippen MR) is 107 cm³/mol. The minimum absolute atomic E-state index is 0.0386. The molecule has 0 spiro atoms. The maximum Gasteiger partial charge on any atom is 0.282 e. The molecule has 1 amide bonds. The lowest BCUT2D eigenvalue weighted by Crippen LogP contribution is -3.19. The maximum atomic E-state index is 12.7. The molecule has 1 aliphatic heterocycles. The summed E-state index contributed by atoms with van der Waals surface area (Å²) in [6.45, 7) is 5.15. The van der Waals surface area contributed by atoms with Crippen molar-refractivity contribution in [1.82, 2.24) is 0 Å². The van der Waals surface area contributed by atoms with E-state index in [2.05, 4.69) is 10.2 Å². The standard InChI is InChI=1S/C20H24N4O4/c1-15(20(25)21-18-5-3-4-6-19(18)28-2)22-11-13-23(14-12-22)16-7-9-17(10-8-16)24(26)27/h3-10,15H,11-14H2,1-2H3,(H,21,25)/p+1/t15-/m0/s1. The summed E-state index contributed by atoms with van der Waals surface area (Å²) in [5, 5.41) is 13.7. The zero-order valence-electron chi connectivity index (χ0n) is 16.1. The number of ether oxygens (including phenoxy) is 1. The van der Waals surface area contributed by atoms with E-state index in [0.29, 0.717) is 11.4 Å². The first-order valence-electron chi connectivity index (χ1n) is 9.27. The van der Waals surface area contributed by atoms with Gasteiger partial charge in [-0.15, -0.1) is 0 Å². The number of carbonyl (C=O) groups is 1. The lowest BCUT2D eigenvalue weighted by molar-refractivity contribution is -0.914. The molecular weight excluding hydrogens is 360 g/mol. The molecule has 2 aromatic rings. The van der Waals surface area contributed by atoms with Gasteiger partial charge in [-0.2, -0.15) is 0 Å². The van der Waals surface area contributed by atoms with Crippen molar-refractivity contribution in [1.29, 1.82) is 0 Å². The molecule has 8 heteroatoms. The summed E-state index contributed by atoms with van der Waals surface area (Å²) in [4.78, 5) is 26.5. The first-order valence-corrected chi connectivity index (χ1v) is 9.27. The molecule has 2 N–H and O–H groups in total. The number of nitrogens with one attached hydrogen (secondary N) is 2. The second kappa shape index (κ2) is 8.71. The molecule has 1 fully saturated rings. The van der Waals surface area contributed by atoms with Gasteiger partial charge in [0, 0.05) is 17.8 Å². The normalized spacial score (nSPS) is 15.7. The Morgan fingerprint density at radius 3 is 2.43 bits per heavy atom. The van der Waals surface area contributed by atoms with Gasteiger partial charge in [0.2, 0.25) is 0 Å². The third kappa shape index (κ3) is 4.40. The van der Waals surface area contributed by atoms with Crippen molar-refractivity contribution in [3.8, 4) is 5.75 Å². The van der Waals surface area contributed by atoms with Gasteiger partial charge < -0.3 is 19.9 Å². The number of quaternary nitrogens is 1. The summed E-state index contributed by atoms with van der Waals surface area (Å²) in [6, 6.07) is 13.8. The van der Waals surface area contributed by atoms with Crippen molar-refractivity contribution in [3.63, 3.8) is 0 Å². The average molecular weight is 385 g/mol. The van der Waals surface area contributed by atoms with E-state index in [1.54, 1.807) is 19.2 Å². The van der Waals surface area contributed by atoms with E-state index in [1.165, 1.54) is 17.0 Å². The molecule has 0 bridgehead atoms. The third-order valence-corrected chi connectivity index (χ3v) is 5.20. The van der Waals surface area contributed by atoms with E-state index in [-0.39, 0.29) is 17.6 Å². The molecule has 0 aromatic heterocycles. The van der Waals surface area contributed by atoms with Gasteiger partial charge in [0.15, 0.2) is 6.04 Å². The van der Waals surface area contributed by atoms with E-state index in [0.717, 1.165) is 31.9 Å². The number of hydrogen-bond donors (Lipinski definition) is 2. The predicted octanol–water partition coefficient (Wildman–Crippen LogP) is 1.34. The van der Waals surface area contributed by atoms with Crippen LogP contribution in [0.2, 0.25) is 0 Å². The molecule has 1 heterocycles. The SMILES string of the molecule is COc1ccccc1NC(=O)[C@H](C)[NH+]1CCN(c2ccc([N+](=O)[O-])cc2)CC1. The van der Waals surface area contributed by atoms with Gasteiger partial charge >= 0.3 is 0 Å². The maximum absolute atomic E-state index is 12.7. The second-order valence-electron chi connectivity index (χ2n) is 6.83. The number of piperazine rings is 1. The number of anilines is 2. The number of para-hydroxylation sites is 2. The van der Waals surface area contributed by atoms with Gasteiger partial charge in [-0.1, -0.05) is 12.1 Å². The van der Waals surface area contributed by atoms with Crippen LogP contribution in [0, 0.1) is 10.1 Å². The van der Waals surface area contributed by atoms with Crippen LogP contribution in [-0.4, -0.2) is 50.2 Å². The Balaban J connectivity index is 1.56. The smallest absolute Gasteiger partial charge is 0.282 e. The van der Waals surface area contributed by atoms with Gasteiger partial charge in [-0.3, -0.25) is 14.9 Å². The van der Waals surface area contributed by atoms with Crippen LogP contribution in [-0.2, 0) is 4.79 Å². The topological polar surface area (TPSA) is 89.2 Å². The van der Waals surface area contributed by atoms with Gasteiger partial charge in [0.05, 0.1) is 43.9 Å². The van der Waals surface area contributed by atoms with Crippen LogP contribution in [0.5, 0.6) is 5.75 Å². The number of non-ortho nitro benzene ring substituents is 1. The number of carbonyl (C=O) groups excluding carboxylic acids is 1. The quantitative estimate of drug-likeness (QED) is 0.579. The minimum Gasteiger partial charge on any atom is -0.495 e. The van der Waals surface area contributed by atoms with Crippen LogP contribution >= 0.6 is 0 Å². The Bertz CT molecular complexity index is 832. The number of rotatable bonds is 6. The summed E-state index contributed by atoms with van der Waals surface area (Å²) in [6.07, 6.45) is 0. The van der Waals surface area contributed by atoms with Crippen LogP contribution in [0.15, 0.2) is 48.5 Å². The Morgan fingerprint density at radius 1 is 1.18 bits per heavy atom. The number of hydrogen-bond acceptors (Lipinski definition) is 5. The largest absolute Gasteiger partial charge is 0.495 e. The zero-order chi connectivity index (χ0) is 20.1. The summed E-state index contributed by atoms with van der Waals surface area (Å²) < 4.78 is 5.29. The number of nitrogens with zero attached hydrogens (tertiary/aromatic N) is 2. The highest BCUT2D eigenvalue weighted by Gasteiger charge is 2.29. The Hall–Kier alpha value is -3.13. The molecule has 8 nitrogen and oxygen atoms in total. The molecule has 1 atom stereocenters. The van der Waals surface area contributed by atoms with Crippen molar-refractivity contribution >= 4 is 23.0 Å². The summed E-state index contributed by atoms with van der Waals surface area (Å²) in [5.74, 6) is 0.601. The zero-order valence-corrected chi connectivity index (χ0v) is 16.1.